The number of carboxylic acid groups (broad SMARTS) is 1. The molecule has 4 heteroatoms. The number of carboxylic acids is 1. The summed E-state index contributed by atoms with van der Waals surface area (Å²) in [6.07, 6.45) is 3.48. The molecule has 0 unspecified atom stereocenters. The van der Waals surface area contributed by atoms with Crippen molar-refractivity contribution in [3.05, 3.63) is 17.5 Å². The maximum absolute atomic E-state index is 10.5. The number of aliphatic carboxylic acids is 1. The van der Waals surface area contributed by atoms with Crippen LogP contribution in [0.1, 0.15) is 31.5 Å². The predicted molar refractivity (Wildman–Crippen MR) is 57.7 cm³/mol. The first-order chi connectivity index (χ1) is 7.00. The molecule has 1 heterocycles. The van der Waals surface area contributed by atoms with Crippen molar-refractivity contribution in [2.75, 3.05) is 0 Å². The average molecular weight is 210 g/mol. The summed E-state index contributed by atoms with van der Waals surface area (Å²) in [4.78, 5) is 10.5. The molecule has 0 saturated carbocycles. The van der Waals surface area contributed by atoms with Gasteiger partial charge in [-0.3, -0.25) is 9.48 Å². The maximum Gasteiger partial charge on any atom is 0.303 e. The quantitative estimate of drug-likeness (QED) is 0.803. The van der Waals surface area contributed by atoms with Gasteiger partial charge in [-0.25, -0.2) is 0 Å². The molecule has 4 nitrogen and oxygen atoms in total. The van der Waals surface area contributed by atoms with Crippen LogP contribution >= 0.6 is 0 Å². The van der Waals surface area contributed by atoms with Gasteiger partial charge in [0.15, 0.2) is 0 Å². The van der Waals surface area contributed by atoms with Gasteiger partial charge in [0, 0.05) is 19.2 Å². The van der Waals surface area contributed by atoms with E-state index in [2.05, 4.69) is 18.9 Å². The maximum atomic E-state index is 10.5. The first-order valence-electron chi connectivity index (χ1n) is 5.22. The van der Waals surface area contributed by atoms with Crippen molar-refractivity contribution in [1.29, 1.82) is 0 Å². The second-order valence-corrected chi connectivity index (χ2v) is 4.23. The summed E-state index contributed by atoms with van der Waals surface area (Å²) in [6, 6.07) is 0. The molecule has 0 spiro atoms. The smallest absolute Gasteiger partial charge is 0.303 e. The largest absolute Gasteiger partial charge is 0.481 e. The molecule has 1 rings (SSSR count). The zero-order chi connectivity index (χ0) is 11.4. The Bertz CT molecular complexity index is 342. The minimum absolute atomic E-state index is 0.177. The Morgan fingerprint density at radius 2 is 2.27 bits per heavy atom. The van der Waals surface area contributed by atoms with Crippen LogP contribution in [0.3, 0.4) is 0 Å². The van der Waals surface area contributed by atoms with E-state index in [4.69, 9.17) is 5.11 Å². The highest BCUT2D eigenvalue weighted by molar-refractivity contribution is 5.67. The zero-order valence-electron chi connectivity index (χ0n) is 9.53. The van der Waals surface area contributed by atoms with Crippen LogP contribution in [0.2, 0.25) is 0 Å². The van der Waals surface area contributed by atoms with Crippen molar-refractivity contribution < 1.29 is 9.90 Å². The highest BCUT2D eigenvalue weighted by Gasteiger charge is 2.11. The molecule has 1 N–H and O–H groups in total. The predicted octanol–water partition coefficient (Wildman–Crippen LogP) is 1.64. The van der Waals surface area contributed by atoms with Gasteiger partial charge in [-0.05, 0) is 24.3 Å². The number of nitrogens with zero attached hydrogens (tertiary/aromatic N) is 2. The lowest BCUT2D eigenvalue weighted by molar-refractivity contribution is -0.136. The third-order valence-electron chi connectivity index (χ3n) is 2.36. The van der Waals surface area contributed by atoms with Gasteiger partial charge in [0.2, 0.25) is 0 Å². The topological polar surface area (TPSA) is 55.1 Å². The van der Waals surface area contributed by atoms with Gasteiger partial charge in [0.05, 0.1) is 6.20 Å². The summed E-state index contributed by atoms with van der Waals surface area (Å²) in [7, 11) is 1.90. The van der Waals surface area contributed by atoms with Gasteiger partial charge in [0.25, 0.3) is 0 Å². The van der Waals surface area contributed by atoms with Gasteiger partial charge >= 0.3 is 5.97 Å². The summed E-state index contributed by atoms with van der Waals surface area (Å²) in [5, 5.41) is 12.8. The van der Waals surface area contributed by atoms with Gasteiger partial charge in [-0.15, -0.1) is 0 Å². The third-order valence-corrected chi connectivity index (χ3v) is 2.36. The van der Waals surface area contributed by atoms with Crippen molar-refractivity contribution in [1.82, 2.24) is 9.78 Å². The Balaban J connectivity index is 2.74. The Hall–Kier alpha value is -1.32. The minimum atomic E-state index is -0.755. The standard InChI is InChI=1S/C11H18N2O2/c1-8(2)6-10-9(4-5-11(14)15)7-12-13(10)3/h7-8H,4-6H2,1-3H3,(H,14,15). The van der Waals surface area contributed by atoms with Crippen molar-refractivity contribution >= 4 is 5.97 Å². The third kappa shape index (κ3) is 3.38. The number of aromatic nitrogens is 2. The highest BCUT2D eigenvalue weighted by Crippen LogP contribution is 2.14. The molecule has 84 valence electrons. The molecule has 0 radical (unpaired) electrons. The number of carbonyl (C=O) groups is 1. The molecular weight excluding hydrogens is 192 g/mol. The summed E-state index contributed by atoms with van der Waals surface area (Å²) in [5.41, 5.74) is 2.22. The Morgan fingerprint density at radius 1 is 1.60 bits per heavy atom. The van der Waals surface area contributed by atoms with Crippen LogP contribution in [0, 0.1) is 5.92 Å². The van der Waals surface area contributed by atoms with E-state index in [1.165, 1.54) is 0 Å². The first-order valence-corrected chi connectivity index (χ1v) is 5.22. The molecule has 0 aromatic carbocycles. The SMILES string of the molecule is CC(C)Cc1c(CCC(=O)O)cnn1C. The summed E-state index contributed by atoms with van der Waals surface area (Å²) >= 11 is 0. The monoisotopic (exact) mass is 210 g/mol. The van der Waals surface area contributed by atoms with Gasteiger partial charge in [-0.1, -0.05) is 13.8 Å². The molecule has 15 heavy (non-hydrogen) atoms. The molecule has 0 fully saturated rings. The lowest BCUT2D eigenvalue weighted by Gasteiger charge is -2.07. The van der Waals surface area contributed by atoms with Crippen LogP contribution in [0.4, 0.5) is 0 Å². The minimum Gasteiger partial charge on any atom is -0.481 e. The molecule has 0 amide bonds. The molecule has 0 bridgehead atoms. The normalized spacial score (nSPS) is 10.9. The zero-order valence-corrected chi connectivity index (χ0v) is 9.53. The second-order valence-electron chi connectivity index (χ2n) is 4.23. The lowest BCUT2D eigenvalue weighted by Crippen LogP contribution is -2.06. The lowest BCUT2D eigenvalue weighted by atomic mass is 10.0. The van der Waals surface area contributed by atoms with E-state index < -0.39 is 5.97 Å². The Kier molecular flexibility index (Phi) is 3.88. The molecule has 0 aliphatic heterocycles. The Labute approximate surface area is 89.9 Å². The van der Waals surface area contributed by atoms with Crippen LogP contribution in [-0.4, -0.2) is 20.9 Å². The van der Waals surface area contributed by atoms with E-state index >= 15 is 0 Å². The van der Waals surface area contributed by atoms with Crippen LogP contribution < -0.4 is 0 Å². The number of rotatable bonds is 5. The van der Waals surface area contributed by atoms with Crippen molar-refractivity contribution in [2.45, 2.75) is 33.1 Å². The summed E-state index contributed by atoms with van der Waals surface area (Å²) in [6.45, 7) is 4.29. The number of hydrogen-bond acceptors (Lipinski definition) is 2. The molecule has 0 aliphatic carbocycles. The number of aryl methyl sites for hydroxylation is 2. The van der Waals surface area contributed by atoms with E-state index in [1.807, 2.05) is 11.7 Å². The molecule has 0 atom stereocenters. The fraction of sp³-hybridized carbons (Fsp3) is 0.636. The van der Waals surface area contributed by atoms with Gasteiger partial charge in [-0.2, -0.15) is 5.10 Å². The fourth-order valence-electron chi connectivity index (χ4n) is 1.61. The van der Waals surface area contributed by atoms with Crippen LogP contribution in [-0.2, 0) is 24.7 Å². The molecule has 1 aromatic rings. The van der Waals surface area contributed by atoms with E-state index in [0.717, 1.165) is 17.7 Å². The average Bonchev–Trinajstić information content (AvgIpc) is 2.44. The molecule has 0 saturated heterocycles. The van der Waals surface area contributed by atoms with E-state index in [1.54, 1.807) is 6.20 Å². The fourth-order valence-corrected chi connectivity index (χ4v) is 1.61. The summed E-state index contributed by atoms with van der Waals surface area (Å²) in [5.74, 6) is -0.196. The van der Waals surface area contributed by atoms with Crippen molar-refractivity contribution in [2.24, 2.45) is 13.0 Å². The molecule has 0 aliphatic rings. The second kappa shape index (κ2) is 4.96. The molecule has 1 aromatic heterocycles. The molecular formula is C11H18N2O2. The van der Waals surface area contributed by atoms with E-state index in [-0.39, 0.29) is 6.42 Å². The Morgan fingerprint density at radius 3 is 2.80 bits per heavy atom. The van der Waals surface area contributed by atoms with E-state index in [9.17, 15) is 4.79 Å². The van der Waals surface area contributed by atoms with Crippen LogP contribution in [0.25, 0.3) is 0 Å². The van der Waals surface area contributed by atoms with Crippen LogP contribution in [0.5, 0.6) is 0 Å². The van der Waals surface area contributed by atoms with Gasteiger partial charge in [0.1, 0.15) is 0 Å². The van der Waals surface area contributed by atoms with Gasteiger partial charge < -0.3 is 5.11 Å². The van der Waals surface area contributed by atoms with Crippen molar-refractivity contribution in [3.63, 3.8) is 0 Å². The summed E-state index contributed by atoms with van der Waals surface area (Å²) < 4.78 is 1.84. The number of hydrogen-bond donors (Lipinski definition) is 1. The first kappa shape index (κ1) is 11.8. The highest BCUT2D eigenvalue weighted by atomic mass is 16.4. The van der Waals surface area contributed by atoms with Crippen LogP contribution in [0.15, 0.2) is 6.20 Å². The van der Waals surface area contributed by atoms with E-state index in [0.29, 0.717) is 12.3 Å². The van der Waals surface area contributed by atoms with Crippen molar-refractivity contribution in [3.8, 4) is 0 Å².